The van der Waals surface area contributed by atoms with Gasteiger partial charge >= 0.3 is 0 Å². The SMILES string of the molecule is COc1ccc(F)c(NC(=O)CCc2ccccc2N)c1. The molecule has 0 unspecified atom stereocenters. The number of hydrogen-bond acceptors (Lipinski definition) is 3. The van der Waals surface area contributed by atoms with E-state index in [4.69, 9.17) is 10.5 Å². The number of carbonyl (C=O) groups excluding carboxylic acids is 1. The molecule has 2 aromatic rings. The van der Waals surface area contributed by atoms with E-state index >= 15 is 0 Å². The highest BCUT2D eigenvalue weighted by Gasteiger charge is 2.09. The summed E-state index contributed by atoms with van der Waals surface area (Å²) in [5.74, 6) is -0.284. The van der Waals surface area contributed by atoms with Crippen molar-refractivity contribution in [1.82, 2.24) is 0 Å². The van der Waals surface area contributed by atoms with Gasteiger partial charge in [0.05, 0.1) is 12.8 Å². The average molecular weight is 288 g/mol. The van der Waals surface area contributed by atoms with Crippen LogP contribution in [0.25, 0.3) is 0 Å². The molecule has 0 heterocycles. The smallest absolute Gasteiger partial charge is 0.224 e. The lowest BCUT2D eigenvalue weighted by atomic mass is 10.1. The molecule has 3 N–H and O–H groups in total. The highest BCUT2D eigenvalue weighted by molar-refractivity contribution is 5.91. The van der Waals surface area contributed by atoms with Gasteiger partial charge in [0, 0.05) is 18.2 Å². The second-order valence-electron chi connectivity index (χ2n) is 4.59. The second kappa shape index (κ2) is 6.74. The number of para-hydroxylation sites is 1. The lowest BCUT2D eigenvalue weighted by molar-refractivity contribution is -0.116. The number of aryl methyl sites for hydroxylation is 1. The Morgan fingerprint density at radius 3 is 2.76 bits per heavy atom. The number of hydrogen-bond donors (Lipinski definition) is 2. The largest absolute Gasteiger partial charge is 0.497 e. The van der Waals surface area contributed by atoms with Gasteiger partial charge in [-0.3, -0.25) is 4.79 Å². The van der Waals surface area contributed by atoms with Crippen LogP contribution in [0.3, 0.4) is 0 Å². The third kappa shape index (κ3) is 3.95. The number of ether oxygens (including phenoxy) is 1. The van der Waals surface area contributed by atoms with Crippen LogP contribution in [-0.2, 0) is 11.2 Å². The highest BCUT2D eigenvalue weighted by Crippen LogP contribution is 2.21. The van der Waals surface area contributed by atoms with E-state index in [2.05, 4.69) is 5.32 Å². The summed E-state index contributed by atoms with van der Waals surface area (Å²) in [6.07, 6.45) is 0.731. The van der Waals surface area contributed by atoms with Crippen LogP contribution in [-0.4, -0.2) is 13.0 Å². The van der Waals surface area contributed by atoms with Crippen molar-refractivity contribution in [3.63, 3.8) is 0 Å². The summed E-state index contributed by atoms with van der Waals surface area (Å²) in [5.41, 5.74) is 7.48. The van der Waals surface area contributed by atoms with Crippen LogP contribution in [0.15, 0.2) is 42.5 Å². The van der Waals surface area contributed by atoms with E-state index in [1.807, 2.05) is 18.2 Å². The molecule has 0 spiro atoms. The van der Waals surface area contributed by atoms with Crippen molar-refractivity contribution < 1.29 is 13.9 Å². The van der Waals surface area contributed by atoms with E-state index in [-0.39, 0.29) is 18.0 Å². The van der Waals surface area contributed by atoms with Crippen molar-refractivity contribution in [2.45, 2.75) is 12.8 Å². The molecule has 0 saturated carbocycles. The number of methoxy groups -OCH3 is 1. The molecule has 110 valence electrons. The molecule has 4 nitrogen and oxygen atoms in total. The van der Waals surface area contributed by atoms with Crippen molar-refractivity contribution >= 4 is 17.3 Å². The van der Waals surface area contributed by atoms with Crippen LogP contribution >= 0.6 is 0 Å². The van der Waals surface area contributed by atoms with E-state index in [9.17, 15) is 9.18 Å². The van der Waals surface area contributed by atoms with Gasteiger partial charge in [0.25, 0.3) is 0 Å². The van der Waals surface area contributed by atoms with Gasteiger partial charge in [0.2, 0.25) is 5.91 Å². The first kappa shape index (κ1) is 14.8. The molecule has 21 heavy (non-hydrogen) atoms. The minimum Gasteiger partial charge on any atom is -0.497 e. The molecule has 0 bridgehead atoms. The number of benzene rings is 2. The molecule has 1 amide bonds. The zero-order valence-electron chi connectivity index (χ0n) is 11.7. The molecule has 0 aromatic heterocycles. The molecule has 5 heteroatoms. The quantitative estimate of drug-likeness (QED) is 0.831. The fourth-order valence-electron chi connectivity index (χ4n) is 1.95. The van der Waals surface area contributed by atoms with Crippen LogP contribution in [0.1, 0.15) is 12.0 Å². The van der Waals surface area contributed by atoms with Crippen molar-refractivity contribution in [3.05, 3.63) is 53.8 Å². The van der Waals surface area contributed by atoms with Crippen molar-refractivity contribution in [2.24, 2.45) is 0 Å². The molecule has 2 aromatic carbocycles. The maximum absolute atomic E-state index is 13.6. The van der Waals surface area contributed by atoms with Crippen LogP contribution in [0, 0.1) is 5.82 Å². The van der Waals surface area contributed by atoms with E-state index in [1.54, 1.807) is 6.07 Å². The van der Waals surface area contributed by atoms with E-state index in [1.165, 1.54) is 25.3 Å². The normalized spacial score (nSPS) is 10.2. The number of nitrogen functional groups attached to an aromatic ring is 1. The first-order chi connectivity index (χ1) is 10.1. The van der Waals surface area contributed by atoms with Crippen molar-refractivity contribution in [3.8, 4) is 5.75 Å². The number of anilines is 2. The van der Waals surface area contributed by atoms with Gasteiger partial charge in [-0.1, -0.05) is 18.2 Å². The zero-order valence-corrected chi connectivity index (χ0v) is 11.7. The van der Waals surface area contributed by atoms with Crippen LogP contribution in [0.4, 0.5) is 15.8 Å². The Bertz CT molecular complexity index is 644. The minimum absolute atomic E-state index is 0.111. The predicted molar refractivity (Wildman–Crippen MR) is 80.8 cm³/mol. The molecule has 0 radical (unpaired) electrons. The topological polar surface area (TPSA) is 64.3 Å². The molecule has 0 saturated heterocycles. The number of amides is 1. The fourth-order valence-corrected chi connectivity index (χ4v) is 1.95. The second-order valence-corrected chi connectivity index (χ2v) is 4.59. The highest BCUT2D eigenvalue weighted by atomic mass is 19.1. The first-order valence-corrected chi connectivity index (χ1v) is 6.57. The number of nitrogens with one attached hydrogen (secondary N) is 1. The van der Waals surface area contributed by atoms with Crippen LogP contribution in [0.5, 0.6) is 5.75 Å². The van der Waals surface area contributed by atoms with Crippen LogP contribution in [0.2, 0.25) is 0 Å². The Morgan fingerprint density at radius 1 is 1.29 bits per heavy atom. The summed E-state index contributed by atoms with van der Waals surface area (Å²) < 4.78 is 18.6. The Morgan fingerprint density at radius 2 is 2.05 bits per heavy atom. The monoisotopic (exact) mass is 288 g/mol. The molecular formula is C16H17FN2O2. The van der Waals surface area contributed by atoms with Crippen LogP contribution < -0.4 is 15.8 Å². The fraction of sp³-hybridized carbons (Fsp3) is 0.188. The summed E-state index contributed by atoms with van der Waals surface area (Å²) in [7, 11) is 1.48. The van der Waals surface area contributed by atoms with Gasteiger partial charge in [-0.15, -0.1) is 0 Å². The summed E-state index contributed by atoms with van der Waals surface area (Å²) in [6, 6.07) is 11.6. The molecule has 0 aliphatic rings. The van der Waals surface area contributed by atoms with Gasteiger partial charge in [-0.2, -0.15) is 0 Å². The number of rotatable bonds is 5. The first-order valence-electron chi connectivity index (χ1n) is 6.57. The zero-order chi connectivity index (χ0) is 15.2. The lowest BCUT2D eigenvalue weighted by Gasteiger charge is -2.09. The summed E-state index contributed by atoms with van der Waals surface area (Å²) in [6.45, 7) is 0. The number of nitrogens with two attached hydrogens (primary N) is 1. The molecule has 0 aliphatic heterocycles. The van der Waals surface area contributed by atoms with E-state index in [0.717, 1.165) is 5.56 Å². The third-order valence-electron chi connectivity index (χ3n) is 3.12. The average Bonchev–Trinajstić information content (AvgIpc) is 2.48. The lowest BCUT2D eigenvalue weighted by Crippen LogP contribution is -2.13. The Labute approximate surface area is 122 Å². The van der Waals surface area contributed by atoms with Gasteiger partial charge in [0.15, 0.2) is 0 Å². The molecule has 0 atom stereocenters. The molecule has 0 fully saturated rings. The van der Waals surface area contributed by atoms with E-state index in [0.29, 0.717) is 17.9 Å². The van der Waals surface area contributed by atoms with Gasteiger partial charge in [-0.25, -0.2) is 4.39 Å². The van der Waals surface area contributed by atoms with E-state index < -0.39 is 5.82 Å². The predicted octanol–water partition coefficient (Wildman–Crippen LogP) is 2.99. The summed E-state index contributed by atoms with van der Waals surface area (Å²) >= 11 is 0. The maximum atomic E-state index is 13.6. The Kier molecular flexibility index (Phi) is 4.77. The standard InChI is InChI=1S/C16H17FN2O2/c1-21-12-7-8-13(17)15(10-12)19-16(20)9-6-11-4-2-3-5-14(11)18/h2-5,7-8,10H,6,9,18H2,1H3,(H,19,20). The van der Waals surface area contributed by atoms with Crippen molar-refractivity contribution in [2.75, 3.05) is 18.2 Å². The molecule has 2 rings (SSSR count). The summed E-state index contributed by atoms with van der Waals surface area (Å²) in [5, 5.41) is 2.54. The number of halogens is 1. The Balaban J connectivity index is 1.97. The van der Waals surface area contributed by atoms with Gasteiger partial charge in [0.1, 0.15) is 11.6 Å². The van der Waals surface area contributed by atoms with Crippen molar-refractivity contribution in [1.29, 1.82) is 0 Å². The number of carbonyl (C=O) groups is 1. The minimum atomic E-state index is -0.497. The maximum Gasteiger partial charge on any atom is 0.224 e. The van der Waals surface area contributed by atoms with Gasteiger partial charge < -0.3 is 15.8 Å². The molecular weight excluding hydrogens is 271 g/mol. The third-order valence-corrected chi connectivity index (χ3v) is 3.12. The summed E-state index contributed by atoms with van der Waals surface area (Å²) in [4.78, 5) is 11.9. The van der Waals surface area contributed by atoms with Gasteiger partial charge in [-0.05, 0) is 30.2 Å². The Hall–Kier alpha value is -2.56. The molecule has 0 aliphatic carbocycles.